The lowest BCUT2D eigenvalue weighted by Crippen LogP contribution is -2.11. The number of para-hydroxylation sites is 1. The molecule has 2 aromatic carbocycles. The molecule has 0 radical (unpaired) electrons. The zero-order valence-corrected chi connectivity index (χ0v) is 9.88. The summed E-state index contributed by atoms with van der Waals surface area (Å²) < 4.78 is 5.07. The Labute approximate surface area is 105 Å². The maximum absolute atomic E-state index is 11.9. The normalized spacial score (nSPS) is 9.83. The van der Waals surface area contributed by atoms with Crippen LogP contribution in [-0.2, 0) is 0 Å². The summed E-state index contributed by atoms with van der Waals surface area (Å²) in [4.78, 5) is 11.9. The monoisotopic (exact) mass is 243 g/mol. The highest BCUT2D eigenvalue weighted by Gasteiger charge is 2.10. The van der Waals surface area contributed by atoms with E-state index in [1.54, 1.807) is 49.6 Å². The molecule has 0 aliphatic heterocycles. The van der Waals surface area contributed by atoms with Crippen LogP contribution >= 0.6 is 0 Å². The molecule has 0 atom stereocenters. The number of hydrogen-bond acceptors (Lipinski definition) is 3. The minimum atomic E-state index is -0.360. The number of ether oxygens (including phenoxy) is 1. The van der Waals surface area contributed by atoms with E-state index >= 15 is 0 Å². The molecule has 0 saturated carbocycles. The van der Waals surface area contributed by atoms with Crippen molar-refractivity contribution in [3.8, 4) is 11.5 Å². The molecule has 0 aliphatic carbocycles. The predicted octanol–water partition coefficient (Wildman–Crippen LogP) is 2.65. The molecular weight excluding hydrogens is 230 g/mol. The van der Waals surface area contributed by atoms with Gasteiger partial charge in [-0.15, -0.1) is 0 Å². The van der Waals surface area contributed by atoms with Crippen LogP contribution in [0.4, 0.5) is 5.69 Å². The van der Waals surface area contributed by atoms with Crippen LogP contribution in [0.2, 0.25) is 0 Å². The number of methoxy groups -OCH3 is 1. The molecule has 4 nitrogen and oxygen atoms in total. The van der Waals surface area contributed by atoms with Gasteiger partial charge in [0.2, 0.25) is 0 Å². The molecule has 0 unspecified atom stereocenters. The van der Waals surface area contributed by atoms with Gasteiger partial charge in [0.1, 0.15) is 11.5 Å². The number of carbonyl (C=O) groups excluding carboxylic acids is 1. The molecule has 0 heterocycles. The molecule has 92 valence electrons. The van der Waals surface area contributed by atoms with Crippen molar-refractivity contribution in [1.29, 1.82) is 0 Å². The van der Waals surface area contributed by atoms with Crippen molar-refractivity contribution in [3.63, 3.8) is 0 Å². The summed E-state index contributed by atoms with van der Waals surface area (Å²) in [7, 11) is 1.56. The third kappa shape index (κ3) is 2.60. The van der Waals surface area contributed by atoms with Crippen molar-refractivity contribution in [2.75, 3.05) is 12.4 Å². The van der Waals surface area contributed by atoms with Crippen molar-refractivity contribution < 1.29 is 14.6 Å². The summed E-state index contributed by atoms with van der Waals surface area (Å²) in [6.45, 7) is 0. The lowest BCUT2D eigenvalue weighted by molar-refractivity contribution is 0.102. The van der Waals surface area contributed by atoms with Crippen LogP contribution in [0, 0.1) is 0 Å². The van der Waals surface area contributed by atoms with Crippen molar-refractivity contribution in [2.45, 2.75) is 0 Å². The van der Waals surface area contributed by atoms with Crippen LogP contribution in [-0.4, -0.2) is 18.1 Å². The second-order valence-corrected chi connectivity index (χ2v) is 3.70. The number of amides is 1. The van der Waals surface area contributed by atoms with Gasteiger partial charge in [-0.05, 0) is 24.3 Å². The molecule has 2 rings (SSSR count). The second kappa shape index (κ2) is 5.23. The summed E-state index contributed by atoms with van der Waals surface area (Å²) in [6, 6.07) is 13.4. The minimum absolute atomic E-state index is 0.0436. The fourth-order valence-electron chi connectivity index (χ4n) is 1.56. The number of nitrogens with one attached hydrogen (secondary N) is 1. The molecule has 2 aromatic rings. The van der Waals surface area contributed by atoms with Gasteiger partial charge >= 0.3 is 0 Å². The highest BCUT2D eigenvalue weighted by atomic mass is 16.5. The van der Waals surface area contributed by atoms with Gasteiger partial charge in [0.15, 0.2) is 0 Å². The molecule has 18 heavy (non-hydrogen) atoms. The molecule has 0 bridgehead atoms. The smallest absolute Gasteiger partial charge is 0.259 e. The van der Waals surface area contributed by atoms with Crippen LogP contribution in [0.25, 0.3) is 0 Å². The topological polar surface area (TPSA) is 58.6 Å². The molecule has 1 amide bonds. The number of aromatic hydroxyl groups is 1. The summed E-state index contributed by atoms with van der Waals surface area (Å²) in [5.74, 6) is 0.254. The Bertz CT molecular complexity index is 566. The minimum Gasteiger partial charge on any atom is -0.507 e. The summed E-state index contributed by atoms with van der Waals surface area (Å²) in [5.41, 5.74) is 0.850. The molecule has 0 saturated heterocycles. The molecular formula is C14H13NO3. The van der Waals surface area contributed by atoms with Crippen LogP contribution in [0.3, 0.4) is 0 Å². The van der Waals surface area contributed by atoms with Crippen molar-refractivity contribution >= 4 is 11.6 Å². The van der Waals surface area contributed by atoms with Crippen molar-refractivity contribution in [1.82, 2.24) is 0 Å². The van der Waals surface area contributed by atoms with Crippen LogP contribution in [0.15, 0.2) is 48.5 Å². The van der Waals surface area contributed by atoms with Gasteiger partial charge in [0.05, 0.1) is 12.7 Å². The Morgan fingerprint density at radius 2 is 1.94 bits per heavy atom. The Balaban J connectivity index is 2.19. The standard InChI is InChI=1S/C14H13NO3/c1-18-11-6-4-5-10(9-11)15-14(17)12-7-2-3-8-13(12)16/h2-9,16H,1H3,(H,15,17). The molecule has 4 heteroatoms. The van der Waals surface area contributed by atoms with Crippen LogP contribution < -0.4 is 10.1 Å². The number of phenolic OH excluding ortho intramolecular Hbond substituents is 1. The molecule has 0 aromatic heterocycles. The Kier molecular flexibility index (Phi) is 3.48. The van der Waals surface area contributed by atoms with E-state index in [2.05, 4.69) is 5.32 Å². The maximum Gasteiger partial charge on any atom is 0.259 e. The number of hydrogen-bond donors (Lipinski definition) is 2. The average Bonchev–Trinajstić information content (AvgIpc) is 2.39. The fourth-order valence-corrected chi connectivity index (χ4v) is 1.56. The van der Waals surface area contributed by atoms with E-state index in [-0.39, 0.29) is 17.2 Å². The third-order valence-electron chi connectivity index (χ3n) is 2.48. The highest BCUT2D eigenvalue weighted by molar-refractivity contribution is 6.06. The number of rotatable bonds is 3. The van der Waals surface area contributed by atoms with Crippen LogP contribution in [0.5, 0.6) is 11.5 Å². The fraction of sp³-hybridized carbons (Fsp3) is 0.0714. The molecule has 2 N–H and O–H groups in total. The van der Waals surface area contributed by atoms with E-state index < -0.39 is 0 Å². The van der Waals surface area contributed by atoms with Crippen molar-refractivity contribution in [2.24, 2.45) is 0 Å². The van der Waals surface area contributed by atoms with Gasteiger partial charge in [0, 0.05) is 11.8 Å². The zero-order chi connectivity index (χ0) is 13.0. The largest absolute Gasteiger partial charge is 0.507 e. The van der Waals surface area contributed by atoms with E-state index in [1.165, 1.54) is 6.07 Å². The van der Waals surface area contributed by atoms with Gasteiger partial charge in [-0.25, -0.2) is 0 Å². The van der Waals surface area contributed by atoms with Gasteiger partial charge in [-0.1, -0.05) is 18.2 Å². The SMILES string of the molecule is COc1cccc(NC(=O)c2ccccc2O)c1. The first-order chi connectivity index (χ1) is 8.70. The zero-order valence-electron chi connectivity index (χ0n) is 9.88. The highest BCUT2D eigenvalue weighted by Crippen LogP contribution is 2.20. The first-order valence-corrected chi connectivity index (χ1v) is 5.44. The third-order valence-corrected chi connectivity index (χ3v) is 2.48. The second-order valence-electron chi connectivity index (χ2n) is 3.70. The Morgan fingerprint density at radius 1 is 1.17 bits per heavy atom. The van der Waals surface area contributed by atoms with E-state index in [4.69, 9.17) is 4.74 Å². The molecule has 0 spiro atoms. The number of phenols is 1. The van der Waals surface area contributed by atoms with Gasteiger partial charge in [0.25, 0.3) is 5.91 Å². The van der Waals surface area contributed by atoms with Gasteiger partial charge in [-0.3, -0.25) is 4.79 Å². The van der Waals surface area contributed by atoms with E-state index in [0.29, 0.717) is 11.4 Å². The summed E-state index contributed by atoms with van der Waals surface area (Å²) in [6.07, 6.45) is 0. The number of benzene rings is 2. The predicted molar refractivity (Wildman–Crippen MR) is 69.1 cm³/mol. The molecule has 0 aliphatic rings. The van der Waals surface area contributed by atoms with E-state index in [0.717, 1.165) is 0 Å². The quantitative estimate of drug-likeness (QED) is 0.871. The number of anilines is 1. The van der Waals surface area contributed by atoms with Crippen molar-refractivity contribution in [3.05, 3.63) is 54.1 Å². The first kappa shape index (κ1) is 12.0. The van der Waals surface area contributed by atoms with E-state index in [1.807, 2.05) is 0 Å². The van der Waals surface area contributed by atoms with Crippen LogP contribution in [0.1, 0.15) is 10.4 Å². The molecule has 0 fully saturated rings. The van der Waals surface area contributed by atoms with Gasteiger partial charge in [-0.2, -0.15) is 0 Å². The summed E-state index contributed by atoms with van der Waals surface area (Å²) in [5, 5.41) is 12.3. The summed E-state index contributed by atoms with van der Waals surface area (Å²) >= 11 is 0. The lowest BCUT2D eigenvalue weighted by atomic mass is 10.2. The maximum atomic E-state index is 11.9. The average molecular weight is 243 g/mol. The Morgan fingerprint density at radius 3 is 2.67 bits per heavy atom. The Hall–Kier alpha value is -2.49. The first-order valence-electron chi connectivity index (χ1n) is 5.44. The lowest BCUT2D eigenvalue weighted by Gasteiger charge is -2.07. The van der Waals surface area contributed by atoms with E-state index in [9.17, 15) is 9.90 Å². The number of carbonyl (C=O) groups is 1. The van der Waals surface area contributed by atoms with Gasteiger partial charge < -0.3 is 15.2 Å².